The molecule has 4 aromatic rings. The van der Waals surface area contributed by atoms with Crippen molar-refractivity contribution in [1.29, 1.82) is 0 Å². The molecule has 5 rings (SSSR count). The average Bonchev–Trinajstić information content (AvgIpc) is 3.26. The molecule has 7 heteroatoms. The van der Waals surface area contributed by atoms with E-state index in [1.807, 2.05) is 47.6 Å². The van der Waals surface area contributed by atoms with Crippen molar-refractivity contribution in [2.75, 3.05) is 26.2 Å². The lowest BCUT2D eigenvalue weighted by molar-refractivity contribution is 0.0629. The SMILES string of the molecule is O=C(c1ccc(-n2cc(Br)cn2)cc1)N1CCN(Cc2cccc3cccnc23)CC1. The van der Waals surface area contributed by atoms with Crippen LogP contribution in [-0.2, 0) is 6.54 Å². The molecule has 1 saturated heterocycles. The van der Waals surface area contributed by atoms with Crippen molar-refractivity contribution in [2.45, 2.75) is 6.54 Å². The van der Waals surface area contributed by atoms with E-state index in [1.165, 1.54) is 10.9 Å². The highest BCUT2D eigenvalue weighted by Gasteiger charge is 2.22. The molecule has 2 aromatic carbocycles. The van der Waals surface area contributed by atoms with Gasteiger partial charge in [-0.25, -0.2) is 4.68 Å². The van der Waals surface area contributed by atoms with Gasteiger partial charge in [0.25, 0.3) is 5.91 Å². The minimum atomic E-state index is 0.0830. The molecule has 1 amide bonds. The van der Waals surface area contributed by atoms with Gasteiger partial charge in [-0.1, -0.05) is 24.3 Å². The van der Waals surface area contributed by atoms with Gasteiger partial charge in [0.15, 0.2) is 0 Å². The lowest BCUT2D eigenvalue weighted by Crippen LogP contribution is -2.48. The smallest absolute Gasteiger partial charge is 0.253 e. The molecule has 0 bridgehead atoms. The maximum Gasteiger partial charge on any atom is 0.253 e. The van der Waals surface area contributed by atoms with Crippen LogP contribution in [-0.4, -0.2) is 56.7 Å². The van der Waals surface area contributed by atoms with Crippen molar-refractivity contribution in [3.63, 3.8) is 0 Å². The number of amides is 1. The number of halogens is 1. The first-order valence-corrected chi connectivity index (χ1v) is 11.1. The van der Waals surface area contributed by atoms with Crippen molar-refractivity contribution < 1.29 is 4.79 Å². The molecule has 0 saturated carbocycles. The van der Waals surface area contributed by atoms with Crippen molar-refractivity contribution >= 4 is 32.7 Å². The van der Waals surface area contributed by atoms with E-state index in [-0.39, 0.29) is 5.91 Å². The summed E-state index contributed by atoms with van der Waals surface area (Å²) in [5.41, 5.74) is 3.93. The van der Waals surface area contributed by atoms with Gasteiger partial charge in [0.05, 0.1) is 21.9 Å². The van der Waals surface area contributed by atoms with E-state index in [1.54, 1.807) is 10.9 Å². The summed E-state index contributed by atoms with van der Waals surface area (Å²) in [4.78, 5) is 21.9. The normalized spacial score (nSPS) is 14.8. The Kier molecular flexibility index (Phi) is 5.53. The Labute approximate surface area is 189 Å². The van der Waals surface area contributed by atoms with E-state index in [9.17, 15) is 4.79 Å². The molecule has 6 nitrogen and oxygen atoms in total. The minimum Gasteiger partial charge on any atom is -0.336 e. The van der Waals surface area contributed by atoms with Crippen LogP contribution in [0, 0.1) is 0 Å². The van der Waals surface area contributed by atoms with Gasteiger partial charge in [0, 0.05) is 56.1 Å². The van der Waals surface area contributed by atoms with Crippen LogP contribution in [0.1, 0.15) is 15.9 Å². The highest BCUT2D eigenvalue weighted by Crippen LogP contribution is 2.19. The fourth-order valence-corrected chi connectivity index (χ4v) is 4.31. The van der Waals surface area contributed by atoms with Gasteiger partial charge in [-0.05, 0) is 51.8 Å². The number of benzene rings is 2. The van der Waals surface area contributed by atoms with E-state index in [0.29, 0.717) is 5.56 Å². The van der Waals surface area contributed by atoms with Crippen molar-refractivity contribution in [1.82, 2.24) is 24.6 Å². The van der Waals surface area contributed by atoms with Crippen LogP contribution in [0.5, 0.6) is 0 Å². The van der Waals surface area contributed by atoms with E-state index in [0.717, 1.165) is 48.4 Å². The Bertz CT molecular complexity index is 1210. The number of rotatable bonds is 4. The van der Waals surface area contributed by atoms with Gasteiger partial charge in [-0.3, -0.25) is 14.7 Å². The highest BCUT2D eigenvalue weighted by molar-refractivity contribution is 9.10. The number of carbonyl (C=O) groups excluding carboxylic acids is 1. The first-order chi connectivity index (χ1) is 15.2. The first-order valence-electron chi connectivity index (χ1n) is 10.3. The van der Waals surface area contributed by atoms with Crippen LogP contribution < -0.4 is 0 Å². The fraction of sp³-hybridized carbons (Fsp3) is 0.208. The van der Waals surface area contributed by atoms with Crippen LogP contribution in [0.25, 0.3) is 16.6 Å². The number of hydrogen-bond donors (Lipinski definition) is 0. The van der Waals surface area contributed by atoms with Gasteiger partial charge in [-0.15, -0.1) is 0 Å². The predicted octanol–water partition coefficient (Wildman–Crippen LogP) is 4.14. The molecule has 1 aliphatic heterocycles. The number of piperazine rings is 1. The molecule has 0 radical (unpaired) electrons. The number of fused-ring (bicyclic) bond motifs is 1. The topological polar surface area (TPSA) is 54.3 Å². The fourth-order valence-electron chi connectivity index (χ4n) is 4.03. The second kappa shape index (κ2) is 8.61. The quantitative estimate of drug-likeness (QED) is 0.445. The second-order valence-corrected chi connectivity index (χ2v) is 8.63. The molecule has 3 heterocycles. The molecule has 156 valence electrons. The van der Waals surface area contributed by atoms with Gasteiger partial charge >= 0.3 is 0 Å². The summed E-state index contributed by atoms with van der Waals surface area (Å²) in [6.07, 6.45) is 5.48. The van der Waals surface area contributed by atoms with Gasteiger partial charge in [-0.2, -0.15) is 5.10 Å². The molecule has 0 N–H and O–H groups in total. The van der Waals surface area contributed by atoms with Gasteiger partial charge in [0.1, 0.15) is 0 Å². The Morgan fingerprint density at radius 2 is 1.74 bits per heavy atom. The van der Waals surface area contributed by atoms with Crippen LogP contribution in [0.15, 0.2) is 77.7 Å². The third kappa shape index (κ3) is 4.24. The summed E-state index contributed by atoms with van der Waals surface area (Å²) >= 11 is 3.40. The van der Waals surface area contributed by atoms with Gasteiger partial charge in [0.2, 0.25) is 0 Å². The number of nitrogens with zero attached hydrogens (tertiary/aromatic N) is 5. The third-order valence-electron chi connectivity index (χ3n) is 5.70. The molecule has 0 atom stereocenters. The zero-order valence-electron chi connectivity index (χ0n) is 17.0. The molecule has 1 aliphatic rings. The second-order valence-electron chi connectivity index (χ2n) is 7.71. The zero-order chi connectivity index (χ0) is 21.2. The van der Waals surface area contributed by atoms with Crippen LogP contribution in [0.4, 0.5) is 0 Å². The third-order valence-corrected chi connectivity index (χ3v) is 6.11. The van der Waals surface area contributed by atoms with E-state index in [4.69, 9.17) is 0 Å². The standard InChI is InChI=1S/C24H22BrN5O/c25-21-15-27-30(17-21)22-8-6-19(7-9-22)24(31)29-13-11-28(12-14-29)16-20-4-1-3-18-5-2-10-26-23(18)20/h1-10,15,17H,11-14,16H2. The Hall–Kier alpha value is -3.03. The van der Waals surface area contributed by atoms with Crippen molar-refractivity contribution in [3.05, 3.63) is 88.8 Å². The molecule has 0 spiro atoms. The first kappa shape index (κ1) is 19.9. The Morgan fingerprint density at radius 3 is 2.48 bits per heavy atom. The molecule has 2 aromatic heterocycles. The molecule has 1 fully saturated rings. The minimum absolute atomic E-state index is 0.0830. The summed E-state index contributed by atoms with van der Waals surface area (Å²) in [5, 5.41) is 5.44. The summed E-state index contributed by atoms with van der Waals surface area (Å²) in [7, 11) is 0. The van der Waals surface area contributed by atoms with E-state index >= 15 is 0 Å². The number of hydrogen-bond acceptors (Lipinski definition) is 4. The summed E-state index contributed by atoms with van der Waals surface area (Å²) in [6, 6.07) is 18.0. The number of para-hydroxylation sites is 1. The lowest BCUT2D eigenvalue weighted by atomic mass is 10.1. The number of pyridine rings is 1. The molecule has 31 heavy (non-hydrogen) atoms. The zero-order valence-corrected chi connectivity index (χ0v) is 18.6. The number of aromatic nitrogens is 3. The molecular weight excluding hydrogens is 454 g/mol. The number of carbonyl (C=O) groups is 1. The predicted molar refractivity (Wildman–Crippen MR) is 124 cm³/mol. The van der Waals surface area contributed by atoms with Crippen LogP contribution in [0.2, 0.25) is 0 Å². The van der Waals surface area contributed by atoms with Crippen molar-refractivity contribution in [2.24, 2.45) is 0 Å². The van der Waals surface area contributed by atoms with Crippen LogP contribution in [0.3, 0.4) is 0 Å². The average molecular weight is 476 g/mol. The molecular formula is C24H22BrN5O. The van der Waals surface area contributed by atoms with Crippen LogP contribution >= 0.6 is 15.9 Å². The summed E-state index contributed by atoms with van der Waals surface area (Å²) in [5.74, 6) is 0.0830. The Morgan fingerprint density at radius 1 is 0.968 bits per heavy atom. The summed E-state index contributed by atoms with van der Waals surface area (Å²) < 4.78 is 2.70. The lowest BCUT2D eigenvalue weighted by Gasteiger charge is -2.35. The maximum atomic E-state index is 13.0. The molecule has 0 aliphatic carbocycles. The molecule has 0 unspecified atom stereocenters. The van der Waals surface area contributed by atoms with E-state index in [2.05, 4.69) is 55.2 Å². The monoisotopic (exact) mass is 475 g/mol. The highest BCUT2D eigenvalue weighted by atomic mass is 79.9. The van der Waals surface area contributed by atoms with Gasteiger partial charge < -0.3 is 4.90 Å². The maximum absolute atomic E-state index is 13.0. The largest absolute Gasteiger partial charge is 0.336 e. The summed E-state index contributed by atoms with van der Waals surface area (Å²) in [6.45, 7) is 4.02. The van der Waals surface area contributed by atoms with Crippen molar-refractivity contribution in [3.8, 4) is 5.69 Å². The van der Waals surface area contributed by atoms with E-state index < -0.39 is 0 Å². The Balaban J connectivity index is 1.21.